The Bertz CT molecular complexity index is 249. The number of hydrogen-bond donors (Lipinski definition) is 0. The van der Waals surface area contributed by atoms with Crippen LogP contribution in [0.25, 0.3) is 0 Å². The minimum atomic E-state index is 0.247. The second-order valence-electron chi connectivity index (χ2n) is 4.94. The molecule has 1 aliphatic carbocycles. The van der Waals surface area contributed by atoms with Gasteiger partial charge >= 0.3 is 0 Å². The number of rotatable bonds is 1. The van der Waals surface area contributed by atoms with Crippen LogP contribution < -0.4 is 0 Å². The molecule has 1 heteroatoms. The highest BCUT2D eigenvalue weighted by Gasteiger charge is 2.30. The molecule has 66 valence electrons. The second-order valence-corrected chi connectivity index (χ2v) is 4.94. The van der Waals surface area contributed by atoms with Crippen LogP contribution in [0.5, 0.6) is 0 Å². The van der Waals surface area contributed by atoms with E-state index in [1.165, 1.54) is 18.6 Å². The minimum Gasteiger partial charge on any atom is -0.285 e. The molecule has 0 atom stereocenters. The van der Waals surface area contributed by atoms with Crippen molar-refractivity contribution in [3.05, 3.63) is 11.6 Å². The van der Waals surface area contributed by atoms with Gasteiger partial charge in [-0.2, -0.15) is 0 Å². The first-order chi connectivity index (χ1) is 5.57. The van der Waals surface area contributed by atoms with Crippen molar-refractivity contribution in [1.29, 1.82) is 0 Å². The van der Waals surface area contributed by atoms with Gasteiger partial charge in [0.25, 0.3) is 0 Å². The lowest BCUT2D eigenvalue weighted by atomic mass is 9.89. The molecule has 0 aromatic rings. The molecule has 0 aromatic heterocycles. The molecule has 2 rings (SSSR count). The quantitative estimate of drug-likeness (QED) is 0.563. The van der Waals surface area contributed by atoms with Crippen LogP contribution >= 0.6 is 0 Å². The van der Waals surface area contributed by atoms with Crippen LogP contribution in [-0.2, 0) is 0 Å². The van der Waals surface area contributed by atoms with Crippen LogP contribution in [0.4, 0.5) is 0 Å². The van der Waals surface area contributed by atoms with E-state index in [1.54, 1.807) is 5.57 Å². The number of hydrogen-bond acceptors (Lipinski definition) is 1. The largest absolute Gasteiger partial charge is 0.285 e. The van der Waals surface area contributed by atoms with Crippen molar-refractivity contribution in [3.8, 4) is 0 Å². The zero-order valence-electron chi connectivity index (χ0n) is 8.22. The molecule has 0 aromatic carbocycles. The molecule has 12 heavy (non-hydrogen) atoms. The molecule has 0 radical (unpaired) electrons. The summed E-state index contributed by atoms with van der Waals surface area (Å²) in [6.45, 7) is 7.69. The summed E-state index contributed by atoms with van der Waals surface area (Å²) in [5, 5.41) is 0. The van der Waals surface area contributed by atoms with E-state index in [0.29, 0.717) is 0 Å². The Morgan fingerprint density at radius 1 is 1.33 bits per heavy atom. The Morgan fingerprint density at radius 3 is 2.42 bits per heavy atom. The van der Waals surface area contributed by atoms with Crippen molar-refractivity contribution in [3.63, 3.8) is 0 Å². The third kappa shape index (κ3) is 1.45. The summed E-state index contributed by atoms with van der Waals surface area (Å²) in [7, 11) is 0. The Balaban J connectivity index is 2.10. The van der Waals surface area contributed by atoms with Crippen molar-refractivity contribution in [2.24, 2.45) is 16.3 Å². The molecule has 0 unspecified atom stereocenters. The van der Waals surface area contributed by atoms with E-state index in [-0.39, 0.29) is 5.41 Å². The van der Waals surface area contributed by atoms with Gasteiger partial charge in [0, 0.05) is 11.1 Å². The first-order valence-electron chi connectivity index (χ1n) is 4.83. The van der Waals surface area contributed by atoms with E-state index in [0.717, 1.165) is 12.5 Å². The van der Waals surface area contributed by atoms with Crippen molar-refractivity contribution in [2.75, 3.05) is 6.54 Å². The van der Waals surface area contributed by atoms with Crippen LogP contribution in [0.3, 0.4) is 0 Å². The van der Waals surface area contributed by atoms with Crippen molar-refractivity contribution < 1.29 is 0 Å². The maximum absolute atomic E-state index is 4.57. The van der Waals surface area contributed by atoms with Gasteiger partial charge < -0.3 is 0 Å². The van der Waals surface area contributed by atoms with Gasteiger partial charge in [0.1, 0.15) is 0 Å². The number of aliphatic imine (C=N–C) groups is 1. The molecule has 1 saturated carbocycles. The predicted molar refractivity (Wildman–Crippen MR) is 52.6 cm³/mol. The van der Waals surface area contributed by atoms with E-state index < -0.39 is 0 Å². The van der Waals surface area contributed by atoms with Crippen LogP contribution in [0.2, 0.25) is 0 Å². The Kier molecular flexibility index (Phi) is 1.64. The SMILES string of the molecule is CC(C)(C)C1=NCC(C2CC2)=C1. The molecule has 0 saturated heterocycles. The summed E-state index contributed by atoms with van der Waals surface area (Å²) in [5.74, 6) is 0.897. The summed E-state index contributed by atoms with van der Waals surface area (Å²) >= 11 is 0. The predicted octanol–water partition coefficient (Wildman–Crippen LogP) is 2.82. The van der Waals surface area contributed by atoms with Crippen molar-refractivity contribution >= 4 is 5.71 Å². The maximum Gasteiger partial charge on any atom is 0.0609 e. The maximum atomic E-state index is 4.57. The van der Waals surface area contributed by atoms with E-state index in [1.807, 2.05) is 0 Å². The van der Waals surface area contributed by atoms with Gasteiger partial charge in [-0.25, -0.2) is 0 Å². The van der Waals surface area contributed by atoms with Crippen LogP contribution in [0.1, 0.15) is 33.6 Å². The zero-order chi connectivity index (χ0) is 8.77. The molecular formula is C11H17N. The van der Waals surface area contributed by atoms with Crippen LogP contribution in [0.15, 0.2) is 16.6 Å². The summed E-state index contributed by atoms with van der Waals surface area (Å²) in [6.07, 6.45) is 5.13. The number of allylic oxidation sites excluding steroid dienone is 1. The molecule has 1 fully saturated rings. The minimum absolute atomic E-state index is 0.247. The smallest absolute Gasteiger partial charge is 0.0609 e. The van der Waals surface area contributed by atoms with Crippen molar-refractivity contribution in [2.45, 2.75) is 33.6 Å². The lowest BCUT2D eigenvalue weighted by Crippen LogP contribution is -2.16. The second kappa shape index (κ2) is 2.45. The van der Waals surface area contributed by atoms with E-state index in [2.05, 4.69) is 31.8 Å². The molecule has 1 nitrogen and oxygen atoms in total. The molecule has 0 amide bonds. The third-order valence-electron chi connectivity index (χ3n) is 2.62. The third-order valence-corrected chi connectivity index (χ3v) is 2.62. The lowest BCUT2D eigenvalue weighted by molar-refractivity contribution is 0.594. The van der Waals surface area contributed by atoms with Crippen LogP contribution in [-0.4, -0.2) is 12.3 Å². The van der Waals surface area contributed by atoms with Gasteiger partial charge in [-0.1, -0.05) is 20.8 Å². The van der Waals surface area contributed by atoms with E-state index >= 15 is 0 Å². The standard InChI is InChI=1S/C11H17N/c1-11(2,3)10-6-9(7-12-10)8-4-5-8/h6,8H,4-5,7H2,1-3H3. The molecule has 0 bridgehead atoms. The highest BCUT2D eigenvalue weighted by molar-refractivity contribution is 6.01. The normalized spacial score (nSPS) is 23.9. The highest BCUT2D eigenvalue weighted by atomic mass is 14.8. The first-order valence-corrected chi connectivity index (χ1v) is 4.83. The fraction of sp³-hybridized carbons (Fsp3) is 0.727. The monoisotopic (exact) mass is 163 g/mol. The van der Waals surface area contributed by atoms with Gasteiger partial charge in [-0.15, -0.1) is 0 Å². The van der Waals surface area contributed by atoms with Gasteiger partial charge in [0.05, 0.1) is 6.54 Å². The Morgan fingerprint density at radius 2 is 2.00 bits per heavy atom. The molecule has 0 spiro atoms. The number of nitrogens with zero attached hydrogens (tertiary/aromatic N) is 1. The molecule has 2 aliphatic rings. The molecule has 0 N–H and O–H groups in total. The zero-order valence-corrected chi connectivity index (χ0v) is 8.22. The molecular weight excluding hydrogens is 146 g/mol. The van der Waals surface area contributed by atoms with Gasteiger partial charge in [0.2, 0.25) is 0 Å². The van der Waals surface area contributed by atoms with Crippen LogP contribution in [0, 0.1) is 11.3 Å². The van der Waals surface area contributed by atoms with Crippen molar-refractivity contribution in [1.82, 2.24) is 0 Å². The topological polar surface area (TPSA) is 12.4 Å². The summed E-state index contributed by atoms with van der Waals surface area (Å²) < 4.78 is 0. The Labute approximate surface area is 74.6 Å². The average Bonchev–Trinajstić information content (AvgIpc) is 2.66. The summed E-state index contributed by atoms with van der Waals surface area (Å²) in [4.78, 5) is 4.57. The first kappa shape index (κ1) is 8.03. The van der Waals surface area contributed by atoms with E-state index in [9.17, 15) is 0 Å². The van der Waals surface area contributed by atoms with E-state index in [4.69, 9.17) is 0 Å². The highest BCUT2D eigenvalue weighted by Crippen LogP contribution is 2.39. The fourth-order valence-corrected chi connectivity index (χ4v) is 1.60. The summed E-state index contributed by atoms with van der Waals surface area (Å²) in [6, 6.07) is 0. The Hall–Kier alpha value is -0.590. The average molecular weight is 163 g/mol. The molecule has 1 heterocycles. The summed E-state index contributed by atoms with van der Waals surface area (Å²) in [5.41, 5.74) is 3.13. The lowest BCUT2D eigenvalue weighted by Gasteiger charge is -2.16. The van der Waals surface area contributed by atoms with Gasteiger partial charge in [-0.3, -0.25) is 4.99 Å². The fourth-order valence-electron chi connectivity index (χ4n) is 1.60. The van der Waals surface area contributed by atoms with Gasteiger partial charge in [-0.05, 0) is 30.4 Å². The molecule has 1 aliphatic heterocycles. The van der Waals surface area contributed by atoms with Gasteiger partial charge in [0.15, 0.2) is 0 Å².